The van der Waals surface area contributed by atoms with Crippen molar-refractivity contribution in [1.29, 1.82) is 0 Å². The van der Waals surface area contributed by atoms with Crippen LogP contribution in [0.1, 0.15) is 11.1 Å². The summed E-state index contributed by atoms with van der Waals surface area (Å²) in [4.78, 5) is 0. The topological polar surface area (TPSA) is 0 Å². The fraction of sp³-hybridized carbons (Fsp3) is 0. The molecule has 0 nitrogen and oxygen atoms in total. The molecule has 0 fully saturated rings. The zero-order valence-corrected chi connectivity index (χ0v) is 9.46. The van der Waals surface area contributed by atoms with Crippen LogP contribution in [0.25, 0.3) is 0 Å². The van der Waals surface area contributed by atoms with Crippen LogP contribution >= 0.6 is 23.2 Å². The maximum atomic E-state index is 5.90. The van der Waals surface area contributed by atoms with Gasteiger partial charge in [0.05, 0.1) is 0 Å². The highest BCUT2D eigenvalue weighted by molar-refractivity contribution is 6.31. The van der Waals surface area contributed by atoms with Crippen LogP contribution in [0.5, 0.6) is 0 Å². The summed E-state index contributed by atoms with van der Waals surface area (Å²) in [7, 11) is 0. The summed E-state index contributed by atoms with van der Waals surface area (Å²) in [6.07, 6.45) is 2.04. The maximum Gasteiger partial charge on any atom is 0.0408 e. The second-order valence-electron chi connectivity index (χ2n) is 3.25. The fourth-order valence-electron chi connectivity index (χ4n) is 1.39. The third-order valence-electron chi connectivity index (χ3n) is 2.03. The molecule has 0 amide bonds. The molecule has 2 aromatic carbocycles. The van der Waals surface area contributed by atoms with Crippen molar-refractivity contribution < 1.29 is 0 Å². The molecule has 0 unspecified atom stereocenters. The van der Waals surface area contributed by atoms with Crippen LogP contribution in [0.15, 0.2) is 48.5 Å². The molecule has 0 aliphatic heterocycles. The Morgan fingerprint density at radius 3 is 1.60 bits per heavy atom. The van der Waals surface area contributed by atoms with Crippen LogP contribution in [0.4, 0.5) is 0 Å². The maximum absolute atomic E-state index is 5.90. The van der Waals surface area contributed by atoms with Gasteiger partial charge in [0.2, 0.25) is 0 Å². The predicted octanol–water partition coefficient (Wildman–Crippen LogP) is 4.59. The Kier molecular flexibility index (Phi) is 3.30. The number of benzene rings is 2. The van der Waals surface area contributed by atoms with Crippen LogP contribution in [0.2, 0.25) is 10.0 Å². The van der Waals surface area contributed by atoms with E-state index in [9.17, 15) is 0 Å². The summed E-state index contributed by atoms with van der Waals surface area (Å²) in [5.74, 6) is 0. The Hall–Kier alpha value is -0.980. The lowest BCUT2D eigenvalue weighted by Crippen LogP contribution is -1.84. The molecule has 2 aromatic rings. The van der Waals surface area contributed by atoms with Crippen molar-refractivity contribution in [2.24, 2.45) is 0 Å². The molecule has 0 heterocycles. The molecule has 0 spiro atoms. The van der Waals surface area contributed by atoms with Gasteiger partial charge in [0.1, 0.15) is 0 Å². The van der Waals surface area contributed by atoms with E-state index in [1.165, 1.54) is 0 Å². The van der Waals surface area contributed by atoms with Crippen molar-refractivity contribution in [2.75, 3.05) is 0 Å². The van der Waals surface area contributed by atoms with E-state index in [1.54, 1.807) is 0 Å². The van der Waals surface area contributed by atoms with Crippen LogP contribution in [-0.2, 0) is 0 Å². The molecule has 1 radical (unpaired) electrons. The molecular formula is C13H9Cl2. The molecule has 0 bridgehead atoms. The fourth-order valence-corrected chi connectivity index (χ4v) is 1.78. The minimum atomic E-state index is 0.741. The molecule has 2 rings (SSSR count). The van der Waals surface area contributed by atoms with Gasteiger partial charge in [-0.05, 0) is 35.4 Å². The van der Waals surface area contributed by atoms with Gasteiger partial charge in [-0.1, -0.05) is 47.5 Å². The van der Waals surface area contributed by atoms with Gasteiger partial charge in [-0.25, -0.2) is 0 Å². The molecule has 0 N–H and O–H groups in total. The first-order valence-electron chi connectivity index (χ1n) is 4.60. The molecule has 75 valence electrons. The van der Waals surface area contributed by atoms with E-state index in [0.29, 0.717) is 0 Å². The third-order valence-corrected chi connectivity index (χ3v) is 2.50. The van der Waals surface area contributed by atoms with Crippen LogP contribution in [-0.4, -0.2) is 0 Å². The SMILES string of the molecule is Clc1cccc([CH]c2cccc(Cl)c2)c1. The van der Waals surface area contributed by atoms with Gasteiger partial charge in [-0.2, -0.15) is 0 Å². The largest absolute Gasteiger partial charge is 0.0843 e. The van der Waals surface area contributed by atoms with E-state index in [2.05, 4.69) is 0 Å². The van der Waals surface area contributed by atoms with E-state index in [-0.39, 0.29) is 0 Å². The number of halogens is 2. The lowest BCUT2D eigenvalue weighted by molar-refractivity contribution is 1.43. The van der Waals surface area contributed by atoms with Crippen molar-refractivity contribution in [2.45, 2.75) is 0 Å². The Bertz CT molecular complexity index is 420. The minimum absolute atomic E-state index is 0.741. The van der Waals surface area contributed by atoms with E-state index in [4.69, 9.17) is 23.2 Å². The zero-order chi connectivity index (χ0) is 10.7. The van der Waals surface area contributed by atoms with Crippen molar-refractivity contribution in [3.05, 3.63) is 76.1 Å². The predicted molar refractivity (Wildman–Crippen MR) is 65.4 cm³/mol. The molecule has 0 aromatic heterocycles. The number of rotatable bonds is 2. The van der Waals surface area contributed by atoms with Gasteiger partial charge in [0, 0.05) is 16.5 Å². The molecule has 0 aliphatic carbocycles. The first-order valence-corrected chi connectivity index (χ1v) is 5.35. The van der Waals surface area contributed by atoms with E-state index in [1.807, 2.05) is 55.0 Å². The van der Waals surface area contributed by atoms with Gasteiger partial charge in [-0.3, -0.25) is 0 Å². The van der Waals surface area contributed by atoms with Crippen molar-refractivity contribution >= 4 is 23.2 Å². The smallest absolute Gasteiger partial charge is 0.0408 e. The molecule has 0 saturated carbocycles. The zero-order valence-electron chi connectivity index (χ0n) is 7.95. The van der Waals surface area contributed by atoms with Crippen molar-refractivity contribution in [3.63, 3.8) is 0 Å². The van der Waals surface area contributed by atoms with Gasteiger partial charge < -0.3 is 0 Å². The highest BCUT2D eigenvalue weighted by Gasteiger charge is 1.98. The third kappa shape index (κ3) is 2.98. The second kappa shape index (κ2) is 4.69. The number of hydrogen-bond acceptors (Lipinski definition) is 0. The second-order valence-corrected chi connectivity index (χ2v) is 4.13. The molecule has 0 saturated heterocycles. The molecule has 0 atom stereocenters. The Labute approximate surface area is 99.5 Å². The first kappa shape index (κ1) is 10.5. The van der Waals surface area contributed by atoms with E-state index in [0.717, 1.165) is 21.2 Å². The summed E-state index contributed by atoms with van der Waals surface area (Å²) < 4.78 is 0. The lowest BCUT2D eigenvalue weighted by Gasteiger charge is -2.02. The number of hydrogen-bond donors (Lipinski definition) is 0. The van der Waals surface area contributed by atoms with E-state index >= 15 is 0 Å². The normalized spacial score (nSPS) is 10.3. The quantitative estimate of drug-likeness (QED) is 0.715. The Morgan fingerprint density at radius 2 is 1.20 bits per heavy atom. The Balaban J connectivity index is 2.22. The van der Waals surface area contributed by atoms with Gasteiger partial charge >= 0.3 is 0 Å². The highest BCUT2D eigenvalue weighted by atomic mass is 35.5. The highest BCUT2D eigenvalue weighted by Crippen LogP contribution is 2.18. The van der Waals surface area contributed by atoms with Gasteiger partial charge in [0.15, 0.2) is 0 Å². The van der Waals surface area contributed by atoms with Crippen molar-refractivity contribution in [1.82, 2.24) is 0 Å². The van der Waals surface area contributed by atoms with Crippen LogP contribution < -0.4 is 0 Å². The summed E-state index contributed by atoms with van der Waals surface area (Å²) in [5.41, 5.74) is 2.15. The van der Waals surface area contributed by atoms with Gasteiger partial charge in [-0.15, -0.1) is 0 Å². The van der Waals surface area contributed by atoms with Crippen LogP contribution in [0, 0.1) is 6.42 Å². The summed E-state index contributed by atoms with van der Waals surface area (Å²) in [5, 5.41) is 1.48. The van der Waals surface area contributed by atoms with Crippen molar-refractivity contribution in [3.8, 4) is 0 Å². The molecule has 0 aliphatic rings. The minimum Gasteiger partial charge on any atom is -0.0843 e. The standard InChI is InChI=1S/C13H9Cl2/c14-12-5-1-3-10(8-12)7-11-4-2-6-13(15)9-11/h1-9H. The molecule has 15 heavy (non-hydrogen) atoms. The van der Waals surface area contributed by atoms with E-state index < -0.39 is 0 Å². The Morgan fingerprint density at radius 1 is 0.733 bits per heavy atom. The lowest BCUT2D eigenvalue weighted by atomic mass is 10.1. The summed E-state index contributed by atoms with van der Waals surface area (Å²) in [6, 6.07) is 15.4. The average molecular weight is 236 g/mol. The van der Waals surface area contributed by atoms with Crippen LogP contribution in [0.3, 0.4) is 0 Å². The monoisotopic (exact) mass is 235 g/mol. The first-order chi connectivity index (χ1) is 7.24. The van der Waals surface area contributed by atoms with Gasteiger partial charge in [0.25, 0.3) is 0 Å². The average Bonchev–Trinajstić information content (AvgIpc) is 2.17. The molecule has 2 heteroatoms. The molecular weight excluding hydrogens is 227 g/mol. The summed E-state index contributed by atoms with van der Waals surface area (Å²) in [6.45, 7) is 0. The summed E-state index contributed by atoms with van der Waals surface area (Å²) >= 11 is 11.8.